The Hall–Kier alpha value is -1.53. The zero-order valence-electron chi connectivity index (χ0n) is 13.0. The fourth-order valence-electron chi connectivity index (χ4n) is 1.78. The van der Waals surface area contributed by atoms with Crippen LogP contribution in [0.25, 0.3) is 0 Å². The molecule has 0 heterocycles. The first-order valence-electron chi connectivity index (χ1n) is 6.93. The highest BCUT2D eigenvalue weighted by Gasteiger charge is 2.19. The molecular weight excluding hydrogens is 322 g/mol. The summed E-state index contributed by atoms with van der Waals surface area (Å²) in [6.45, 7) is 5.85. The van der Waals surface area contributed by atoms with Crippen molar-refractivity contribution in [3.05, 3.63) is 34.9 Å². The van der Waals surface area contributed by atoms with Gasteiger partial charge < -0.3 is 21.1 Å². The largest absolute Gasteiger partial charge is 0.444 e. The van der Waals surface area contributed by atoms with Crippen LogP contribution in [0.2, 0.25) is 5.02 Å². The lowest BCUT2D eigenvalue weighted by atomic mass is 10.1. The molecule has 0 aliphatic rings. The molecule has 0 aromatic heterocycles. The molecule has 22 heavy (non-hydrogen) atoms. The first-order chi connectivity index (χ1) is 10.2. The Balaban J connectivity index is 2.68. The first-order valence-corrected chi connectivity index (χ1v) is 7.71. The lowest BCUT2D eigenvalue weighted by Gasteiger charge is -2.24. The van der Waals surface area contributed by atoms with E-state index in [0.717, 1.165) is 5.56 Å². The Kier molecular flexibility index (Phi) is 6.90. The number of hydrogen-bond acceptors (Lipinski definition) is 3. The summed E-state index contributed by atoms with van der Waals surface area (Å²) in [5, 5.41) is 6.53. The van der Waals surface area contributed by atoms with Crippen molar-refractivity contribution in [1.82, 2.24) is 10.6 Å². The van der Waals surface area contributed by atoms with Gasteiger partial charge in [-0.25, -0.2) is 4.79 Å². The third-order valence-corrected chi connectivity index (χ3v) is 3.04. The Morgan fingerprint density at radius 2 is 1.95 bits per heavy atom. The number of nitrogens with one attached hydrogen (secondary N) is 2. The molecule has 0 fully saturated rings. The molecule has 0 spiro atoms. The van der Waals surface area contributed by atoms with Crippen LogP contribution in [-0.2, 0) is 11.2 Å². The number of halogens is 1. The van der Waals surface area contributed by atoms with Gasteiger partial charge in [-0.3, -0.25) is 0 Å². The molecule has 1 aromatic carbocycles. The van der Waals surface area contributed by atoms with E-state index < -0.39 is 11.7 Å². The van der Waals surface area contributed by atoms with Gasteiger partial charge in [0, 0.05) is 11.6 Å². The molecule has 5 nitrogen and oxygen atoms in total. The number of benzene rings is 1. The van der Waals surface area contributed by atoms with Crippen LogP contribution in [0.3, 0.4) is 0 Å². The number of amides is 1. The molecule has 0 aliphatic carbocycles. The van der Waals surface area contributed by atoms with E-state index in [1.54, 1.807) is 0 Å². The van der Waals surface area contributed by atoms with Crippen molar-refractivity contribution >= 4 is 35.0 Å². The SMILES string of the molecule is CC(C)(C)OC(=O)NC(CNC(N)=S)Cc1ccc(Cl)cc1. The van der Waals surface area contributed by atoms with E-state index in [-0.39, 0.29) is 11.2 Å². The molecule has 122 valence electrons. The van der Waals surface area contributed by atoms with Crippen molar-refractivity contribution in [2.24, 2.45) is 5.73 Å². The fourth-order valence-corrected chi connectivity index (χ4v) is 1.99. The zero-order valence-corrected chi connectivity index (χ0v) is 14.6. The minimum absolute atomic E-state index is 0.187. The van der Waals surface area contributed by atoms with Gasteiger partial charge in [0.25, 0.3) is 0 Å². The van der Waals surface area contributed by atoms with E-state index in [1.807, 2.05) is 45.0 Å². The van der Waals surface area contributed by atoms with Crippen LogP contribution in [0.4, 0.5) is 4.79 Å². The summed E-state index contributed by atoms with van der Waals surface area (Å²) in [6, 6.07) is 7.22. The number of hydrogen-bond donors (Lipinski definition) is 3. The van der Waals surface area contributed by atoms with E-state index in [4.69, 9.17) is 34.3 Å². The van der Waals surface area contributed by atoms with Crippen LogP contribution in [0, 0.1) is 0 Å². The van der Waals surface area contributed by atoms with E-state index >= 15 is 0 Å². The number of carbonyl (C=O) groups excluding carboxylic acids is 1. The average Bonchev–Trinajstić information content (AvgIpc) is 2.36. The Morgan fingerprint density at radius 3 is 2.45 bits per heavy atom. The van der Waals surface area contributed by atoms with Crippen LogP contribution < -0.4 is 16.4 Å². The number of nitrogens with two attached hydrogens (primary N) is 1. The number of thiocarbonyl (C=S) groups is 1. The quantitative estimate of drug-likeness (QED) is 0.716. The summed E-state index contributed by atoms with van der Waals surface area (Å²) in [5.74, 6) is 0. The Labute approximate surface area is 141 Å². The van der Waals surface area contributed by atoms with Gasteiger partial charge in [0.2, 0.25) is 0 Å². The summed E-state index contributed by atoms with van der Waals surface area (Å²) >= 11 is 10.7. The monoisotopic (exact) mass is 343 g/mol. The van der Waals surface area contributed by atoms with E-state index in [1.165, 1.54) is 0 Å². The van der Waals surface area contributed by atoms with Crippen LogP contribution in [0.5, 0.6) is 0 Å². The lowest BCUT2D eigenvalue weighted by molar-refractivity contribution is 0.0505. The van der Waals surface area contributed by atoms with E-state index in [9.17, 15) is 4.79 Å². The van der Waals surface area contributed by atoms with Gasteiger partial charge in [0.1, 0.15) is 5.60 Å². The molecule has 0 radical (unpaired) electrons. The summed E-state index contributed by atoms with van der Waals surface area (Å²) in [4.78, 5) is 11.9. The second kappa shape index (κ2) is 8.19. The normalized spacial score (nSPS) is 12.4. The predicted octanol–water partition coefficient (Wildman–Crippen LogP) is 2.61. The minimum Gasteiger partial charge on any atom is -0.444 e. The molecule has 1 amide bonds. The smallest absolute Gasteiger partial charge is 0.407 e. The zero-order chi connectivity index (χ0) is 16.8. The lowest BCUT2D eigenvalue weighted by Crippen LogP contribution is -2.47. The molecule has 7 heteroatoms. The van der Waals surface area contributed by atoms with Crippen molar-refractivity contribution in [3.8, 4) is 0 Å². The van der Waals surface area contributed by atoms with Crippen LogP contribution in [-0.4, -0.2) is 29.4 Å². The highest BCUT2D eigenvalue weighted by Crippen LogP contribution is 2.12. The number of carbonyl (C=O) groups is 1. The molecule has 1 rings (SSSR count). The molecule has 0 aliphatic heterocycles. The molecule has 1 aromatic rings. The summed E-state index contributed by atoms with van der Waals surface area (Å²) in [6.07, 6.45) is 0.127. The second-order valence-corrected chi connectivity index (χ2v) is 6.80. The van der Waals surface area contributed by atoms with E-state index in [0.29, 0.717) is 18.0 Å². The van der Waals surface area contributed by atoms with Crippen LogP contribution in [0.15, 0.2) is 24.3 Å². The molecule has 1 unspecified atom stereocenters. The van der Waals surface area contributed by atoms with Gasteiger partial charge in [-0.15, -0.1) is 0 Å². The second-order valence-electron chi connectivity index (χ2n) is 5.92. The molecule has 0 bridgehead atoms. The maximum absolute atomic E-state index is 11.9. The third kappa shape index (κ3) is 8.05. The van der Waals surface area contributed by atoms with Crippen molar-refractivity contribution in [2.75, 3.05) is 6.54 Å². The molecule has 0 saturated heterocycles. The Morgan fingerprint density at radius 1 is 1.36 bits per heavy atom. The van der Waals surface area contributed by atoms with Gasteiger partial charge in [-0.05, 0) is 57.1 Å². The first kappa shape index (κ1) is 18.5. The fraction of sp³-hybridized carbons (Fsp3) is 0.467. The molecule has 4 N–H and O–H groups in total. The molecular formula is C15H22ClN3O2S. The molecule has 1 atom stereocenters. The Bertz CT molecular complexity index is 515. The standard InChI is InChI=1S/C15H22ClN3O2S/c1-15(2,3)21-14(20)19-12(9-18-13(17)22)8-10-4-6-11(16)7-5-10/h4-7,12H,8-9H2,1-3H3,(H,19,20)(H3,17,18,22). The summed E-state index contributed by atoms with van der Waals surface area (Å²) in [5.41, 5.74) is 5.93. The van der Waals surface area contributed by atoms with Crippen LogP contribution in [0.1, 0.15) is 26.3 Å². The highest BCUT2D eigenvalue weighted by molar-refractivity contribution is 7.80. The van der Waals surface area contributed by atoms with Gasteiger partial charge in [0.05, 0.1) is 6.04 Å². The highest BCUT2D eigenvalue weighted by atomic mass is 35.5. The third-order valence-electron chi connectivity index (χ3n) is 2.64. The maximum Gasteiger partial charge on any atom is 0.407 e. The summed E-state index contributed by atoms with van der Waals surface area (Å²) in [7, 11) is 0. The van der Waals surface area contributed by atoms with Crippen molar-refractivity contribution < 1.29 is 9.53 Å². The van der Waals surface area contributed by atoms with Gasteiger partial charge in [-0.2, -0.15) is 0 Å². The number of ether oxygens (including phenoxy) is 1. The number of alkyl carbamates (subject to hydrolysis) is 1. The van der Waals surface area contributed by atoms with Gasteiger partial charge in [-0.1, -0.05) is 23.7 Å². The topological polar surface area (TPSA) is 76.4 Å². The van der Waals surface area contributed by atoms with Crippen molar-refractivity contribution in [2.45, 2.75) is 38.8 Å². The number of rotatable bonds is 5. The van der Waals surface area contributed by atoms with Crippen LogP contribution >= 0.6 is 23.8 Å². The molecule has 0 saturated carbocycles. The minimum atomic E-state index is -0.550. The van der Waals surface area contributed by atoms with Crippen molar-refractivity contribution in [3.63, 3.8) is 0 Å². The average molecular weight is 344 g/mol. The van der Waals surface area contributed by atoms with Crippen molar-refractivity contribution in [1.29, 1.82) is 0 Å². The summed E-state index contributed by atoms with van der Waals surface area (Å²) < 4.78 is 5.27. The maximum atomic E-state index is 11.9. The van der Waals surface area contributed by atoms with E-state index in [2.05, 4.69) is 10.6 Å². The van der Waals surface area contributed by atoms with Gasteiger partial charge >= 0.3 is 6.09 Å². The predicted molar refractivity (Wildman–Crippen MR) is 93.1 cm³/mol. The van der Waals surface area contributed by atoms with Gasteiger partial charge in [0.15, 0.2) is 5.11 Å².